The summed E-state index contributed by atoms with van der Waals surface area (Å²) in [6, 6.07) is 2.58. The molecule has 17 heteroatoms. The van der Waals surface area contributed by atoms with Gasteiger partial charge in [0.15, 0.2) is 0 Å². The maximum absolute atomic E-state index is 14.4. The third kappa shape index (κ3) is 7.60. The Balaban J connectivity index is 1.83. The summed E-state index contributed by atoms with van der Waals surface area (Å²) in [6.45, 7) is 0.0650. The molecular weight excluding hydrogens is 614 g/mol. The third-order valence-corrected chi connectivity index (χ3v) is 7.40. The van der Waals surface area contributed by atoms with Gasteiger partial charge in [0.1, 0.15) is 6.17 Å². The quantitative estimate of drug-likeness (QED) is 0.276. The molecule has 0 bridgehead atoms. The first-order valence-corrected chi connectivity index (χ1v) is 13.4. The van der Waals surface area contributed by atoms with Gasteiger partial charge in [-0.15, -0.1) is 5.10 Å². The normalized spacial score (nSPS) is 19.0. The lowest BCUT2D eigenvalue weighted by Crippen LogP contribution is -2.36. The zero-order valence-electron chi connectivity index (χ0n) is 23.3. The summed E-state index contributed by atoms with van der Waals surface area (Å²) in [5.41, 5.74) is -4.33. The molecule has 2 heterocycles. The number of benzene rings is 2. The van der Waals surface area contributed by atoms with Crippen LogP contribution in [-0.2, 0) is 38.7 Å². The SMILES string of the molecule is CCC(c1ccc(C(F)(F)F)cc1CN(Cc1cc(C(F)(F)F)cc(C(F)(F)F)c1)c1nnn(C)n1)N1C[C@@H](F)C[C@H]1CO. The number of aliphatic hydroxyl groups excluding tert-OH is 1. The van der Waals surface area contributed by atoms with E-state index in [1.165, 1.54) is 13.1 Å². The van der Waals surface area contributed by atoms with E-state index in [9.17, 15) is 49.0 Å². The number of alkyl halides is 10. The first-order valence-electron chi connectivity index (χ1n) is 13.4. The van der Waals surface area contributed by atoms with E-state index in [1.54, 1.807) is 11.8 Å². The first kappa shape index (κ1) is 33.4. The first-order chi connectivity index (χ1) is 20.4. The Hall–Kier alpha value is -3.47. The van der Waals surface area contributed by atoms with E-state index in [2.05, 4.69) is 15.4 Å². The maximum Gasteiger partial charge on any atom is 0.416 e. The van der Waals surface area contributed by atoms with Crippen molar-refractivity contribution in [3.05, 3.63) is 69.8 Å². The molecular formula is C27H28F10N6O. The molecule has 1 unspecified atom stereocenters. The molecule has 0 amide bonds. The lowest BCUT2D eigenvalue weighted by molar-refractivity contribution is -0.143. The second-order valence-corrected chi connectivity index (χ2v) is 10.6. The minimum Gasteiger partial charge on any atom is -0.395 e. The van der Waals surface area contributed by atoms with Crippen molar-refractivity contribution in [3.8, 4) is 0 Å². The van der Waals surface area contributed by atoms with Crippen molar-refractivity contribution in [1.29, 1.82) is 0 Å². The van der Waals surface area contributed by atoms with Gasteiger partial charge < -0.3 is 10.0 Å². The van der Waals surface area contributed by atoms with Crippen LogP contribution in [0.15, 0.2) is 36.4 Å². The van der Waals surface area contributed by atoms with Gasteiger partial charge in [-0.3, -0.25) is 4.90 Å². The zero-order valence-corrected chi connectivity index (χ0v) is 23.3. The number of aromatic nitrogens is 4. The smallest absolute Gasteiger partial charge is 0.395 e. The number of aliphatic hydroxyl groups is 1. The van der Waals surface area contributed by atoms with Gasteiger partial charge in [-0.1, -0.05) is 18.1 Å². The van der Waals surface area contributed by atoms with Gasteiger partial charge in [0, 0.05) is 31.7 Å². The van der Waals surface area contributed by atoms with Crippen LogP contribution < -0.4 is 4.90 Å². The minimum atomic E-state index is -5.12. The van der Waals surface area contributed by atoms with E-state index in [4.69, 9.17) is 0 Å². The van der Waals surface area contributed by atoms with Crippen molar-refractivity contribution in [1.82, 2.24) is 25.1 Å². The predicted molar refractivity (Wildman–Crippen MR) is 137 cm³/mol. The Kier molecular flexibility index (Phi) is 9.49. The fraction of sp³-hybridized carbons (Fsp3) is 0.519. The molecule has 2 aromatic carbocycles. The molecule has 1 saturated heterocycles. The highest BCUT2D eigenvalue weighted by atomic mass is 19.4. The van der Waals surface area contributed by atoms with Crippen molar-refractivity contribution in [2.24, 2.45) is 7.05 Å². The topological polar surface area (TPSA) is 70.3 Å². The van der Waals surface area contributed by atoms with Crippen molar-refractivity contribution in [2.45, 2.75) is 69.6 Å². The maximum atomic E-state index is 14.4. The fourth-order valence-corrected chi connectivity index (χ4v) is 5.46. The number of likely N-dealkylation sites (tertiary alicyclic amines) is 1. The van der Waals surface area contributed by atoms with E-state index in [0.29, 0.717) is 17.7 Å². The summed E-state index contributed by atoms with van der Waals surface area (Å²) in [7, 11) is 1.35. The van der Waals surface area contributed by atoms with Crippen molar-refractivity contribution in [3.63, 3.8) is 0 Å². The van der Waals surface area contributed by atoms with Crippen LogP contribution >= 0.6 is 0 Å². The Bertz CT molecular complexity index is 1410. The molecule has 1 N–H and O–H groups in total. The molecule has 1 aliphatic heterocycles. The highest BCUT2D eigenvalue weighted by Crippen LogP contribution is 2.39. The molecule has 4 rings (SSSR count). The van der Waals surface area contributed by atoms with E-state index >= 15 is 0 Å². The van der Waals surface area contributed by atoms with Crippen LogP contribution in [-0.4, -0.2) is 55.6 Å². The van der Waals surface area contributed by atoms with Crippen LogP contribution in [0.5, 0.6) is 0 Å². The fourth-order valence-electron chi connectivity index (χ4n) is 5.46. The Morgan fingerprint density at radius 2 is 1.52 bits per heavy atom. The number of anilines is 1. The average molecular weight is 643 g/mol. The minimum absolute atomic E-state index is 0.00106. The average Bonchev–Trinajstić information content (AvgIpc) is 3.52. The molecule has 242 valence electrons. The second-order valence-electron chi connectivity index (χ2n) is 10.6. The van der Waals surface area contributed by atoms with Gasteiger partial charge in [-0.05, 0) is 65.1 Å². The lowest BCUT2D eigenvalue weighted by Gasteiger charge is -2.34. The molecule has 0 radical (unpaired) electrons. The molecule has 3 aromatic rings. The van der Waals surface area contributed by atoms with Crippen LogP contribution in [0.3, 0.4) is 0 Å². The van der Waals surface area contributed by atoms with Crippen molar-refractivity contribution >= 4 is 5.95 Å². The van der Waals surface area contributed by atoms with E-state index in [1.807, 2.05) is 0 Å². The van der Waals surface area contributed by atoms with E-state index in [0.717, 1.165) is 21.8 Å². The molecule has 0 saturated carbocycles. The van der Waals surface area contributed by atoms with Gasteiger partial charge in [0.05, 0.1) is 30.3 Å². The van der Waals surface area contributed by atoms with Crippen LogP contribution in [0.2, 0.25) is 0 Å². The van der Waals surface area contributed by atoms with Crippen LogP contribution in [0.25, 0.3) is 0 Å². The Labute approximate surface area is 245 Å². The molecule has 1 aromatic heterocycles. The molecule has 3 atom stereocenters. The monoisotopic (exact) mass is 642 g/mol. The van der Waals surface area contributed by atoms with Crippen LogP contribution in [0, 0.1) is 0 Å². The number of nitrogens with zero attached hydrogens (tertiary/aromatic N) is 6. The molecule has 44 heavy (non-hydrogen) atoms. The third-order valence-electron chi connectivity index (χ3n) is 7.40. The van der Waals surface area contributed by atoms with E-state index in [-0.39, 0.29) is 37.0 Å². The summed E-state index contributed by atoms with van der Waals surface area (Å²) in [5, 5.41) is 21.3. The summed E-state index contributed by atoms with van der Waals surface area (Å²) >= 11 is 0. The standard InChI is InChI=1S/C27H28F10N6O/c1-3-23(43-13-20(28)10-21(43)14-44)22-5-4-17(25(29,30)31)8-16(22)12-42(24-38-40-41(2)39-24)11-15-6-18(26(32,33)34)9-19(7-15)27(35,36)37/h4-9,20-21,23,44H,3,10-14H2,1-2H3/t20-,21-,23?/m0/s1. The second kappa shape index (κ2) is 12.5. The number of hydrogen-bond acceptors (Lipinski definition) is 6. The van der Waals surface area contributed by atoms with Gasteiger partial charge in [0.2, 0.25) is 0 Å². The molecule has 1 fully saturated rings. The summed E-state index contributed by atoms with van der Waals surface area (Å²) in [6.07, 6.45) is -16.0. The Morgan fingerprint density at radius 3 is 2.02 bits per heavy atom. The van der Waals surface area contributed by atoms with Gasteiger partial charge in [-0.2, -0.15) is 44.3 Å². The van der Waals surface area contributed by atoms with Gasteiger partial charge in [-0.25, -0.2) is 4.39 Å². The van der Waals surface area contributed by atoms with E-state index < -0.39 is 78.7 Å². The summed E-state index contributed by atoms with van der Waals surface area (Å²) in [4.78, 5) is 3.72. The van der Waals surface area contributed by atoms with Gasteiger partial charge in [0.25, 0.3) is 5.95 Å². The molecule has 0 spiro atoms. The highest BCUT2D eigenvalue weighted by Gasteiger charge is 2.39. The molecule has 1 aliphatic rings. The van der Waals surface area contributed by atoms with Crippen molar-refractivity contribution < 1.29 is 49.0 Å². The lowest BCUT2D eigenvalue weighted by atomic mass is 9.94. The Morgan fingerprint density at radius 1 is 0.909 bits per heavy atom. The zero-order chi connectivity index (χ0) is 32.6. The number of halogens is 10. The molecule has 7 nitrogen and oxygen atoms in total. The summed E-state index contributed by atoms with van der Waals surface area (Å²) in [5.74, 6) is -0.270. The van der Waals surface area contributed by atoms with Gasteiger partial charge >= 0.3 is 18.5 Å². The van der Waals surface area contributed by atoms with Crippen LogP contribution in [0.4, 0.5) is 49.9 Å². The summed E-state index contributed by atoms with van der Waals surface area (Å²) < 4.78 is 137. The number of aryl methyl sites for hydroxylation is 1. The predicted octanol–water partition coefficient (Wildman–Crippen LogP) is 6.33. The highest BCUT2D eigenvalue weighted by molar-refractivity contribution is 5.42. The van der Waals surface area contributed by atoms with Crippen LogP contribution in [0.1, 0.15) is 59.2 Å². The number of hydrogen-bond donors (Lipinski definition) is 1. The van der Waals surface area contributed by atoms with Crippen molar-refractivity contribution in [2.75, 3.05) is 18.1 Å². The number of rotatable bonds is 9. The largest absolute Gasteiger partial charge is 0.416 e. The number of tetrazole rings is 1. The molecule has 0 aliphatic carbocycles.